The number of benzene rings is 2. The Bertz CT molecular complexity index is 966. The van der Waals surface area contributed by atoms with Crippen LogP contribution in [0.3, 0.4) is 0 Å². The van der Waals surface area contributed by atoms with E-state index in [1.54, 1.807) is 25.1 Å². The molecule has 1 heterocycles. The molecule has 0 saturated heterocycles. The number of nitrogens with one attached hydrogen (secondary N) is 2. The summed E-state index contributed by atoms with van der Waals surface area (Å²) in [5, 5.41) is 2.89. The molecule has 9 nitrogen and oxygen atoms in total. The number of rotatable bonds is 4. The second kappa shape index (κ2) is 7.70. The summed E-state index contributed by atoms with van der Waals surface area (Å²) in [6.07, 6.45) is 0. The predicted octanol–water partition coefficient (Wildman–Crippen LogP) is 1.13. The number of fused-ring (bicyclic) bond motifs is 1. The lowest BCUT2D eigenvalue weighted by molar-refractivity contribution is -0.152. The molecule has 0 atom stereocenters. The summed E-state index contributed by atoms with van der Waals surface area (Å²) in [6.45, 7) is 1.57. The van der Waals surface area contributed by atoms with Crippen LogP contribution in [0.2, 0.25) is 0 Å². The van der Waals surface area contributed by atoms with Gasteiger partial charge in [-0.3, -0.25) is 24.6 Å². The fraction of sp³-hybridized carbons (Fsp3) is 0.105. The average molecular weight is 381 g/mol. The molecular formula is C19H15N3O6. The van der Waals surface area contributed by atoms with Crippen LogP contribution in [0.15, 0.2) is 48.5 Å². The van der Waals surface area contributed by atoms with Crippen molar-refractivity contribution >= 4 is 35.3 Å². The van der Waals surface area contributed by atoms with Gasteiger partial charge in [-0.05, 0) is 31.2 Å². The van der Waals surface area contributed by atoms with Gasteiger partial charge in [0.2, 0.25) is 0 Å². The quantitative estimate of drug-likeness (QED) is 0.465. The molecule has 3 rings (SSSR count). The van der Waals surface area contributed by atoms with E-state index >= 15 is 0 Å². The first-order valence-corrected chi connectivity index (χ1v) is 8.30. The minimum atomic E-state index is -1.10. The number of anilines is 1. The van der Waals surface area contributed by atoms with Crippen molar-refractivity contribution < 1.29 is 28.7 Å². The number of carbonyl (C=O) groups is 5. The van der Waals surface area contributed by atoms with Crippen LogP contribution in [0.5, 0.6) is 0 Å². The van der Waals surface area contributed by atoms with Crippen LogP contribution < -0.4 is 10.7 Å². The zero-order valence-corrected chi connectivity index (χ0v) is 14.7. The van der Waals surface area contributed by atoms with E-state index in [1.807, 2.05) is 0 Å². The minimum absolute atomic E-state index is 0.0220. The largest absolute Gasteiger partial charge is 0.459 e. The van der Waals surface area contributed by atoms with Crippen LogP contribution >= 0.6 is 0 Å². The molecule has 142 valence electrons. The maximum atomic E-state index is 12.6. The van der Waals surface area contributed by atoms with Gasteiger partial charge in [-0.1, -0.05) is 24.3 Å². The smallest absolute Gasteiger partial charge is 0.397 e. The third kappa shape index (κ3) is 3.45. The molecule has 0 aromatic heterocycles. The number of hydrazine groups is 1. The Morgan fingerprint density at radius 1 is 0.929 bits per heavy atom. The summed E-state index contributed by atoms with van der Waals surface area (Å²) >= 11 is 0. The maximum absolute atomic E-state index is 12.6. The third-order valence-corrected chi connectivity index (χ3v) is 3.89. The Balaban J connectivity index is 1.79. The van der Waals surface area contributed by atoms with Gasteiger partial charge in [0.15, 0.2) is 0 Å². The van der Waals surface area contributed by atoms with Gasteiger partial charge in [0.05, 0.1) is 29.0 Å². The number of imide groups is 1. The second-order valence-corrected chi connectivity index (χ2v) is 5.65. The number of carbonyl (C=O) groups excluding carboxylic acids is 5. The van der Waals surface area contributed by atoms with Crippen molar-refractivity contribution in [2.75, 3.05) is 11.9 Å². The number of nitrogens with zero attached hydrogens (tertiary/aromatic N) is 1. The van der Waals surface area contributed by atoms with Crippen molar-refractivity contribution in [1.29, 1.82) is 0 Å². The van der Waals surface area contributed by atoms with Crippen LogP contribution in [-0.2, 0) is 14.3 Å². The van der Waals surface area contributed by atoms with Gasteiger partial charge in [-0.2, -0.15) is 5.01 Å². The summed E-state index contributed by atoms with van der Waals surface area (Å²) in [7, 11) is 0. The third-order valence-electron chi connectivity index (χ3n) is 3.89. The molecule has 0 aliphatic carbocycles. The van der Waals surface area contributed by atoms with Crippen molar-refractivity contribution in [2.45, 2.75) is 6.92 Å². The van der Waals surface area contributed by atoms with E-state index in [1.165, 1.54) is 30.3 Å². The number of esters is 1. The molecule has 2 N–H and O–H groups in total. The Hall–Kier alpha value is -4.01. The molecule has 1 aliphatic rings. The van der Waals surface area contributed by atoms with Gasteiger partial charge >= 0.3 is 11.9 Å². The monoisotopic (exact) mass is 381 g/mol. The van der Waals surface area contributed by atoms with Crippen LogP contribution in [0.4, 0.5) is 5.69 Å². The first-order chi connectivity index (χ1) is 13.4. The highest BCUT2D eigenvalue weighted by atomic mass is 16.5. The number of ether oxygens (including phenoxy) is 1. The SMILES string of the molecule is CCOC(=O)C(=O)Nc1ccccc1C(=O)NN1C(=O)c2ccccc2C1=O. The minimum Gasteiger partial charge on any atom is -0.459 e. The summed E-state index contributed by atoms with van der Waals surface area (Å²) in [5.41, 5.74) is 2.57. The summed E-state index contributed by atoms with van der Waals surface area (Å²) in [4.78, 5) is 60.7. The van der Waals surface area contributed by atoms with Crippen LogP contribution in [0.1, 0.15) is 38.0 Å². The molecule has 0 spiro atoms. The van der Waals surface area contributed by atoms with Gasteiger partial charge in [0, 0.05) is 0 Å². The first-order valence-electron chi connectivity index (χ1n) is 8.30. The van der Waals surface area contributed by atoms with Crippen molar-refractivity contribution in [3.63, 3.8) is 0 Å². The van der Waals surface area contributed by atoms with E-state index in [4.69, 9.17) is 0 Å². The van der Waals surface area contributed by atoms with E-state index in [-0.39, 0.29) is 29.0 Å². The van der Waals surface area contributed by atoms with Gasteiger partial charge < -0.3 is 10.1 Å². The molecule has 2 aromatic rings. The van der Waals surface area contributed by atoms with Crippen molar-refractivity contribution in [1.82, 2.24) is 10.4 Å². The number of amides is 4. The number of hydrogen-bond acceptors (Lipinski definition) is 6. The molecule has 4 amide bonds. The van der Waals surface area contributed by atoms with Crippen molar-refractivity contribution in [3.05, 3.63) is 65.2 Å². The lowest BCUT2D eigenvalue weighted by Crippen LogP contribution is -2.46. The predicted molar refractivity (Wildman–Crippen MR) is 96.1 cm³/mol. The molecule has 0 saturated carbocycles. The van der Waals surface area contributed by atoms with E-state index in [2.05, 4.69) is 15.5 Å². The molecule has 0 radical (unpaired) electrons. The number of hydrogen-bond donors (Lipinski definition) is 2. The van der Waals surface area contributed by atoms with Gasteiger partial charge in [-0.15, -0.1) is 0 Å². The lowest BCUT2D eigenvalue weighted by atomic mass is 10.1. The highest BCUT2D eigenvalue weighted by molar-refractivity contribution is 6.37. The summed E-state index contributed by atoms with van der Waals surface area (Å²) in [5.74, 6) is -4.29. The second-order valence-electron chi connectivity index (χ2n) is 5.65. The molecule has 2 aromatic carbocycles. The lowest BCUT2D eigenvalue weighted by Gasteiger charge is -2.16. The molecule has 0 bridgehead atoms. The van der Waals surface area contributed by atoms with Gasteiger partial charge in [0.25, 0.3) is 17.7 Å². The Morgan fingerprint density at radius 3 is 2.11 bits per heavy atom. The van der Waals surface area contributed by atoms with Crippen LogP contribution in [0, 0.1) is 0 Å². The molecule has 0 fully saturated rings. The molecule has 28 heavy (non-hydrogen) atoms. The Kier molecular flexibility index (Phi) is 5.16. The average Bonchev–Trinajstić information content (AvgIpc) is 2.93. The fourth-order valence-electron chi connectivity index (χ4n) is 2.61. The van der Waals surface area contributed by atoms with Crippen LogP contribution in [-0.4, -0.2) is 41.2 Å². The topological polar surface area (TPSA) is 122 Å². The normalized spacial score (nSPS) is 12.4. The highest BCUT2D eigenvalue weighted by Crippen LogP contribution is 2.22. The molecular weight excluding hydrogens is 366 g/mol. The zero-order chi connectivity index (χ0) is 20.3. The van der Waals surface area contributed by atoms with Crippen molar-refractivity contribution in [3.8, 4) is 0 Å². The fourth-order valence-corrected chi connectivity index (χ4v) is 2.61. The van der Waals surface area contributed by atoms with Gasteiger partial charge in [0.1, 0.15) is 0 Å². The number of para-hydroxylation sites is 1. The molecule has 0 unspecified atom stereocenters. The summed E-state index contributed by atoms with van der Waals surface area (Å²) < 4.78 is 4.60. The molecule has 9 heteroatoms. The summed E-state index contributed by atoms with van der Waals surface area (Å²) in [6, 6.07) is 12.0. The highest BCUT2D eigenvalue weighted by Gasteiger charge is 2.37. The van der Waals surface area contributed by atoms with Crippen LogP contribution in [0.25, 0.3) is 0 Å². The standard InChI is InChI=1S/C19H15N3O6/c1-2-28-19(27)16(24)20-14-10-6-5-9-13(14)15(23)21-22-17(25)11-7-3-4-8-12(11)18(22)26/h3-10H,2H2,1H3,(H,20,24)(H,21,23). The van der Waals surface area contributed by atoms with E-state index in [9.17, 15) is 24.0 Å². The Morgan fingerprint density at radius 2 is 1.50 bits per heavy atom. The van der Waals surface area contributed by atoms with E-state index in [0.717, 1.165) is 0 Å². The first kappa shape index (κ1) is 18.8. The maximum Gasteiger partial charge on any atom is 0.397 e. The molecule has 1 aliphatic heterocycles. The van der Waals surface area contributed by atoms with E-state index in [0.29, 0.717) is 5.01 Å². The Labute approximate surface area is 159 Å². The zero-order valence-electron chi connectivity index (χ0n) is 14.7. The van der Waals surface area contributed by atoms with Crippen molar-refractivity contribution in [2.24, 2.45) is 0 Å². The van der Waals surface area contributed by atoms with E-state index < -0.39 is 29.6 Å². The van der Waals surface area contributed by atoms with Gasteiger partial charge in [-0.25, -0.2) is 4.79 Å².